The van der Waals surface area contributed by atoms with Crippen molar-refractivity contribution >= 4 is 28.6 Å². The van der Waals surface area contributed by atoms with Crippen LogP contribution in [0.5, 0.6) is 0 Å². The number of hydrogen-bond donors (Lipinski definition) is 1. The first-order chi connectivity index (χ1) is 16.8. The van der Waals surface area contributed by atoms with Crippen molar-refractivity contribution in [2.24, 2.45) is 0 Å². The third kappa shape index (κ3) is 4.67. The van der Waals surface area contributed by atoms with Gasteiger partial charge in [-0.25, -0.2) is 9.97 Å². The van der Waals surface area contributed by atoms with E-state index in [1.54, 1.807) is 50.3 Å². The average molecular weight is 490 g/mol. The van der Waals surface area contributed by atoms with E-state index in [1.165, 1.54) is 0 Å². The molecule has 1 N–H and O–H groups in total. The Bertz CT molecular complexity index is 1370. The minimum Gasteiger partial charge on any atom is -0.386 e. The maximum Gasteiger partial charge on any atom is 0.254 e. The lowest BCUT2D eigenvalue weighted by atomic mass is 9.98. The van der Waals surface area contributed by atoms with Crippen LogP contribution in [-0.2, 0) is 10.3 Å². The van der Waals surface area contributed by atoms with Gasteiger partial charge >= 0.3 is 0 Å². The molecule has 1 aliphatic heterocycles. The number of pyridine rings is 1. The number of aliphatic hydroxyl groups is 1. The number of morpholine rings is 1. The van der Waals surface area contributed by atoms with Crippen molar-refractivity contribution in [3.63, 3.8) is 0 Å². The van der Waals surface area contributed by atoms with Crippen LogP contribution >= 0.6 is 11.8 Å². The second-order valence-corrected chi connectivity index (χ2v) is 9.81. The van der Waals surface area contributed by atoms with Crippen molar-refractivity contribution in [2.45, 2.75) is 24.3 Å². The lowest BCUT2D eigenvalue weighted by molar-refractivity contribution is 0.0303. The molecule has 8 nitrogen and oxygen atoms in total. The fourth-order valence-electron chi connectivity index (χ4n) is 4.15. The van der Waals surface area contributed by atoms with Gasteiger partial charge in [0.1, 0.15) is 0 Å². The molecular formula is C26H27N5O3S. The Morgan fingerprint density at radius 3 is 2.51 bits per heavy atom. The van der Waals surface area contributed by atoms with E-state index in [0.717, 1.165) is 26.9 Å². The van der Waals surface area contributed by atoms with Gasteiger partial charge in [0.05, 0.1) is 30.0 Å². The highest BCUT2D eigenvalue weighted by molar-refractivity contribution is 7.98. The summed E-state index contributed by atoms with van der Waals surface area (Å²) >= 11 is 1.64. The summed E-state index contributed by atoms with van der Waals surface area (Å²) in [6, 6.07) is 9.43. The van der Waals surface area contributed by atoms with Crippen LogP contribution in [-0.4, -0.2) is 68.0 Å². The maximum absolute atomic E-state index is 13.1. The zero-order valence-corrected chi connectivity index (χ0v) is 20.7. The Hall–Kier alpha value is -3.27. The van der Waals surface area contributed by atoms with Crippen molar-refractivity contribution < 1.29 is 14.6 Å². The number of ether oxygens (including phenoxy) is 1. The van der Waals surface area contributed by atoms with E-state index >= 15 is 0 Å². The van der Waals surface area contributed by atoms with Crippen LogP contribution in [0.2, 0.25) is 0 Å². The minimum absolute atomic E-state index is 0.00248. The maximum atomic E-state index is 13.1. The van der Waals surface area contributed by atoms with Gasteiger partial charge in [0, 0.05) is 59.3 Å². The summed E-state index contributed by atoms with van der Waals surface area (Å²) in [6.45, 7) is 5.81. The van der Waals surface area contributed by atoms with Gasteiger partial charge in [-0.15, -0.1) is 11.8 Å². The number of carbonyl (C=O) groups is 1. The van der Waals surface area contributed by atoms with Crippen LogP contribution < -0.4 is 0 Å². The summed E-state index contributed by atoms with van der Waals surface area (Å²) in [4.78, 5) is 29.6. The highest BCUT2D eigenvalue weighted by Crippen LogP contribution is 2.31. The van der Waals surface area contributed by atoms with E-state index in [4.69, 9.17) is 4.74 Å². The minimum atomic E-state index is -0.965. The molecule has 5 rings (SSSR count). The fraction of sp³-hybridized carbons (Fsp3) is 0.308. The molecule has 0 aliphatic carbocycles. The zero-order chi connectivity index (χ0) is 24.6. The number of carbonyl (C=O) groups excluding carboxylic acids is 1. The SMILES string of the molecule is CSc1cn(-c2ncc(-c3cc(C(C)(C)O)ccn3)cn2)c2cc(C(=O)N3CCOCC3)ccc12. The Balaban J connectivity index is 1.51. The number of benzene rings is 1. The monoisotopic (exact) mass is 489 g/mol. The standard InChI is InChI=1S/C26H27N5O3S/c1-26(2,33)19-6-7-27-21(13-19)18-14-28-25(29-15-18)31-16-23(35-3)20-5-4-17(12-22(20)31)24(32)30-8-10-34-11-9-30/h4-7,12-16,33H,8-11H2,1-3H3. The molecule has 4 heterocycles. The molecule has 1 aromatic carbocycles. The van der Waals surface area contributed by atoms with Crippen molar-refractivity contribution in [3.8, 4) is 17.2 Å². The number of fused-ring (bicyclic) bond motifs is 1. The lowest BCUT2D eigenvalue weighted by Gasteiger charge is -2.26. The van der Waals surface area contributed by atoms with Gasteiger partial charge in [-0.3, -0.25) is 14.3 Å². The zero-order valence-electron chi connectivity index (χ0n) is 19.9. The third-order valence-corrected chi connectivity index (χ3v) is 6.92. The first-order valence-corrected chi connectivity index (χ1v) is 12.7. The van der Waals surface area contributed by atoms with Crippen molar-refractivity contribution in [1.82, 2.24) is 24.4 Å². The van der Waals surface area contributed by atoms with E-state index in [0.29, 0.717) is 43.5 Å². The predicted octanol–water partition coefficient (Wildman–Crippen LogP) is 3.90. The molecule has 0 radical (unpaired) electrons. The van der Waals surface area contributed by atoms with Gasteiger partial charge in [0.15, 0.2) is 0 Å². The van der Waals surface area contributed by atoms with Crippen molar-refractivity contribution in [3.05, 3.63) is 66.2 Å². The Morgan fingerprint density at radius 2 is 1.83 bits per heavy atom. The summed E-state index contributed by atoms with van der Waals surface area (Å²) in [5.41, 5.74) is 2.76. The van der Waals surface area contributed by atoms with E-state index in [1.807, 2.05) is 46.2 Å². The second kappa shape index (κ2) is 9.41. The van der Waals surface area contributed by atoms with Gasteiger partial charge in [-0.1, -0.05) is 6.07 Å². The number of rotatable bonds is 5. The molecule has 0 bridgehead atoms. The van der Waals surface area contributed by atoms with Gasteiger partial charge in [-0.05, 0) is 49.9 Å². The molecule has 9 heteroatoms. The molecule has 35 heavy (non-hydrogen) atoms. The van der Waals surface area contributed by atoms with Crippen LogP contribution in [0.1, 0.15) is 29.8 Å². The summed E-state index contributed by atoms with van der Waals surface area (Å²) < 4.78 is 7.30. The summed E-state index contributed by atoms with van der Waals surface area (Å²) in [6.07, 6.45) is 9.16. The smallest absolute Gasteiger partial charge is 0.254 e. The van der Waals surface area contributed by atoms with Crippen LogP contribution in [0.3, 0.4) is 0 Å². The summed E-state index contributed by atoms with van der Waals surface area (Å²) in [5, 5.41) is 11.4. The van der Waals surface area contributed by atoms with Crippen LogP contribution in [0, 0.1) is 0 Å². The molecule has 4 aromatic rings. The topological polar surface area (TPSA) is 93.4 Å². The van der Waals surface area contributed by atoms with E-state index in [9.17, 15) is 9.90 Å². The van der Waals surface area contributed by atoms with Crippen LogP contribution in [0.15, 0.2) is 60.0 Å². The van der Waals surface area contributed by atoms with E-state index < -0.39 is 5.60 Å². The molecule has 1 saturated heterocycles. The molecule has 0 spiro atoms. The molecule has 1 fully saturated rings. The van der Waals surface area contributed by atoms with Gasteiger partial charge in [-0.2, -0.15) is 0 Å². The normalized spacial score (nSPS) is 14.5. The Kier molecular flexibility index (Phi) is 6.31. The van der Waals surface area contributed by atoms with Gasteiger partial charge in [0.25, 0.3) is 5.91 Å². The van der Waals surface area contributed by atoms with Gasteiger partial charge < -0.3 is 14.7 Å². The number of aromatic nitrogens is 4. The first kappa shape index (κ1) is 23.5. The average Bonchev–Trinajstić information content (AvgIpc) is 3.26. The van der Waals surface area contributed by atoms with E-state index in [-0.39, 0.29) is 5.91 Å². The third-order valence-electron chi connectivity index (χ3n) is 6.15. The molecule has 1 aliphatic rings. The number of nitrogens with zero attached hydrogens (tertiary/aromatic N) is 5. The molecule has 0 atom stereocenters. The number of amides is 1. The molecular weight excluding hydrogens is 462 g/mol. The predicted molar refractivity (Wildman–Crippen MR) is 136 cm³/mol. The van der Waals surface area contributed by atoms with Crippen LogP contribution in [0.25, 0.3) is 28.1 Å². The van der Waals surface area contributed by atoms with E-state index in [2.05, 4.69) is 15.0 Å². The fourth-order valence-corrected chi connectivity index (χ4v) is 4.76. The highest BCUT2D eigenvalue weighted by Gasteiger charge is 2.21. The first-order valence-electron chi connectivity index (χ1n) is 11.4. The summed E-state index contributed by atoms with van der Waals surface area (Å²) in [5.74, 6) is 0.511. The van der Waals surface area contributed by atoms with Crippen LogP contribution in [0.4, 0.5) is 0 Å². The number of thioether (sulfide) groups is 1. The van der Waals surface area contributed by atoms with Gasteiger partial charge in [0.2, 0.25) is 5.95 Å². The molecule has 1 amide bonds. The largest absolute Gasteiger partial charge is 0.386 e. The molecule has 180 valence electrons. The molecule has 0 saturated carbocycles. The number of hydrogen-bond acceptors (Lipinski definition) is 7. The molecule has 0 unspecified atom stereocenters. The Labute approximate surface area is 208 Å². The second-order valence-electron chi connectivity index (χ2n) is 8.96. The lowest BCUT2D eigenvalue weighted by Crippen LogP contribution is -2.40. The van der Waals surface area contributed by atoms with Crippen molar-refractivity contribution in [2.75, 3.05) is 32.6 Å². The molecule has 3 aromatic heterocycles. The quantitative estimate of drug-likeness (QED) is 0.425. The Morgan fingerprint density at radius 1 is 1.09 bits per heavy atom. The summed E-state index contributed by atoms with van der Waals surface area (Å²) in [7, 11) is 0. The highest BCUT2D eigenvalue weighted by atomic mass is 32.2. The van der Waals surface area contributed by atoms with Crippen molar-refractivity contribution in [1.29, 1.82) is 0 Å².